The van der Waals surface area contributed by atoms with E-state index in [1.165, 1.54) is 0 Å². The molecule has 0 unspecified atom stereocenters. The van der Waals surface area contributed by atoms with Crippen LogP contribution in [0.4, 0.5) is 5.69 Å². The average Bonchev–Trinajstić information content (AvgIpc) is 3.35. The number of aryl methyl sites for hydroxylation is 1. The van der Waals surface area contributed by atoms with Gasteiger partial charge in [-0.25, -0.2) is 4.98 Å². The van der Waals surface area contributed by atoms with Gasteiger partial charge in [0.1, 0.15) is 17.1 Å². The van der Waals surface area contributed by atoms with Crippen LogP contribution in [-0.4, -0.2) is 45.6 Å². The van der Waals surface area contributed by atoms with E-state index in [1.807, 2.05) is 25.1 Å². The first kappa shape index (κ1) is 18.3. The molecular formula is C21H20N6O3. The first-order chi connectivity index (χ1) is 14.6. The third-order valence-electron chi connectivity index (χ3n) is 5.26. The highest BCUT2D eigenvalue weighted by Crippen LogP contribution is 2.26. The van der Waals surface area contributed by atoms with Gasteiger partial charge in [0, 0.05) is 24.3 Å². The summed E-state index contributed by atoms with van der Waals surface area (Å²) in [5, 5.41) is 10.3. The first-order valence-electron chi connectivity index (χ1n) is 9.60. The molecule has 9 nitrogen and oxygen atoms in total. The minimum Gasteiger partial charge on any atom is -0.495 e. The molecule has 0 saturated carbocycles. The Morgan fingerprint density at radius 2 is 2.17 bits per heavy atom. The number of pyridine rings is 1. The highest BCUT2D eigenvalue weighted by molar-refractivity contribution is 6.04. The number of carbonyl (C=O) groups is 1. The molecule has 9 heteroatoms. The van der Waals surface area contributed by atoms with Crippen LogP contribution in [0, 0.1) is 6.92 Å². The zero-order valence-corrected chi connectivity index (χ0v) is 16.5. The number of amides is 1. The predicted octanol–water partition coefficient (Wildman–Crippen LogP) is 2.64. The van der Waals surface area contributed by atoms with Crippen molar-refractivity contribution in [2.75, 3.05) is 25.5 Å². The molecule has 0 spiro atoms. The number of rotatable bonds is 5. The monoisotopic (exact) mass is 404 g/mol. The minimum absolute atomic E-state index is 0.267. The SMILES string of the molecule is COc1ccc2ncc(C(=O)Nc3cc(-c4noc(C5CNC5)n4)ccc3C)n2c1. The molecule has 5 rings (SSSR count). The number of hydrogen-bond acceptors (Lipinski definition) is 7. The lowest BCUT2D eigenvalue weighted by Crippen LogP contribution is -2.40. The molecule has 0 radical (unpaired) electrons. The summed E-state index contributed by atoms with van der Waals surface area (Å²) in [7, 11) is 1.58. The number of benzene rings is 1. The highest BCUT2D eigenvalue weighted by atomic mass is 16.5. The molecule has 4 aromatic rings. The summed E-state index contributed by atoms with van der Waals surface area (Å²) < 4.78 is 12.3. The maximum absolute atomic E-state index is 13.0. The van der Waals surface area contributed by atoms with Crippen LogP contribution in [-0.2, 0) is 0 Å². The molecule has 0 bridgehead atoms. The van der Waals surface area contributed by atoms with Crippen molar-refractivity contribution in [2.24, 2.45) is 0 Å². The molecule has 1 aliphatic rings. The fourth-order valence-corrected chi connectivity index (χ4v) is 3.31. The lowest BCUT2D eigenvalue weighted by atomic mass is 10.0. The molecule has 1 aliphatic heterocycles. The van der Waals surface area contributed by atoms with Crippen molar-refractivity contribution >= 4 is 17.2 Å². The number of imidazole rings is 1. The molecule has 3 aromatic heterocycles. The molecule has 1 amide bonds. The van der Waals surface area contributed by atoms with Crippen LogP contribution in [0.5, 0.6) is 5.75 Å². The lowest BCUT2D eigenvalue weighted by Gasteiger charge is -2.22. The number of methoxy groups -OCH3 is 1. The maximum Gasteiger partial charge on any atom is 0.274 e. The van der Waals surface area contributed by atoms with E-state index in [0.717, 1.165) is 24.2 Å². The quantitative estimate of drug-likeness (QED) is 0.527. The molecule has 4 heterocycles. The maximum atomic E-state index is 13.0. The molecule has 1 fully saturated rings. The highest BCUT2D eigenvalue weighted by Gasteiger charge is 2.25. The van der Waals surface area contributed by atoms with Gasteiger partial charge in [-0.15, -0.1) is 0 Å². The Morgan fingerprint density at radius 3 is 2.93 bits per heavy atom. The van der Waals surface area contributed by atoms with Crippen molar-refractivity contribution in [1.29, 1.82) is 0 Å². The van der Waals surface area contributed by atoms with Crippen LogP contribution in [0.25, 0.3) is 17.0 Å². The number of ether oxygens (including phenoxy) is 1. The number of nitrogens with zero attached hydrogens (tertiary/aromatic N) is 4. The molecular weight excluding hydrogens is 384 g/mol. The number of nitrogens with one attached hydrogen (secondary N) is 2. The molecule has 2 N–H and O–H groups in total. The Balaban J connectivity index is 1.42. The van der Waals surface area contributed by atoms with Crippen molar-refractivity contribution in [3.05, 3.63) is 59.9 Å². The molecule has 0 aliphatic carbocycles. The predicted molar refractivity (Wildman–Crippen MR) is 110 cm³/mol. The van der Waals surface area contributed by atoms with E-state index in [1.54, 1.807) is 36.0 Å². The van der Waals surface area contributed by atoms with Gasteiger partial charge in [-0.3, -0.25) is 9.20 Å². The Labute approximate surface area is 172 Å². The smallest absolute Gasteiger partial charge is 0.274 e. The van der Waals surface area contributed by atoms with Gasteiger partial charge in [0.05, 0.1) is 25.4 Å². The number of fused-ring (bicyclic) bond motifs is 1. The summed E-state index contributed by atoms with van der Waals surface area (Å²) in [5.74, 6) is 1.78. The van der Waals surface area contributed by atoms with Crippen LogP contribution < -0.4 is 15.4 Å². The zero-order valence-electron chi connectivity index (χ0n) is 16.5. The summed E-state index contributed by atoms with van der Waals surface area (Å²) in [5.41, 5.74) is 3.44. The van der Waals surface area contributed by atoms with Gasteiger partial charge in [0.15, 0.2) is 0 Å². The Kier molecular flexibility index (Phi) is 4.44. The largest absolute Gasteiger partial charge is 0.495 e. The molecule has 30 heavy (non-hydrogen) atoms. The Bertz CT molecular complexity index is 1240. The van der Waals surface area contributed by atoms with Crippen LogP contribution in [0.1, 0.15) is 27.9 Å². The Hall–Kier alpha value is -3.72. The van der Waals surface area contributed by atoms with E-state index in [-0.39, 0.29) is 11.8 Å². The van der Waals surface area contributed by atoms with Crippen molar-refractivity contribution in [2.45, 2.75) is 12.8 Å². The standard InChI is InChI=1S/C21H20N6O3/c1-12-3-4-13(19-25-21(30-26-19)14-8-22-9-14)7-16(12)24-20(28)17-10-23-18-6-5-15(29-2)11-27(17)18/h3-7,10-11,14,22H,8-9H2,1-2H3,(H,24,28). The van der Waals surface area contributed by atoms with Crippen LogP contribution >= 0.6 is 0 Å². The number of hydrogen-bond donors (Lipinski definition) is 2. The van der Waals surface area contributed by atoms with E-state index >= 15 is 0 Å². The lowest BCUT2D eigenvalue weighted by molar-refractivity contribution is 0.102. The number of carbonyl (C=O) groups excluding carboxylic acids is 1. The van der Waals surface area contributed by atoms with Crippen molar-refractivity contribution in [3.63, 3.8) is 0 Å². The van der Waals surface area contributed by atoms with Crippen molar-refractivity contribution in [1.82, 2.24) is 24.8 Å². The van der Waals surface area contributed by atoms with Crippen molar-refractivity contribution in [3.8, 4) is 17.1 Å². The normalized spacial score (nSPS) is 13.9. The fourth-order valence-electron chi connectivity index (χ4n) is 3.31. The zero-order chi connectivity index (χ0) is 20.7. The number of aromatic nitrogens is 4. The van der Waals surface area contributed by atoms with Gasteiger partial charge in [-0.05, 0) is 30.7 Å². The second-order valence-electron chi connectivity index (χ2n) is 7.24. The van der Waals surface area contributed by atoms with Gasteiger partial charge in [0.2, 0.25) is 11.7 Å². The van der Waals surface area contributed by atoms with E-state index in [2.05, 4.69) is 25.8 Å². The van der Waals surface area contributed by atoms with Crippen LogP contribution in [0.15, 0.2) is 47.2 Å². The molecule has 1 aromatic carbocycles. The van der Waals surface area contributed by atoms with Crippen molar-refractivity contribution < 1.29 is 14.1 Å². The summed E-state index contributed by atoms with van der Waals surface area (Å²) in [6.07, 6.45) is 3.28. The van der Waals surface area contributed by atoms with E-state index < -0.39 is 0 Å². The first-order valence-corrected chi connectivity index (χ1v) is 9.60. The molecule has 1 saturated heterocycles. The topological polar surface area (TPSA) is 107 Å². The van der Waals surface area contributed by atoms with Gasteiger partial charge < -0.3 is 19.9 Å². The van der Waals surface area contributed by atoms with Gasteiger partial charge in [0.25, 0.3) is 5.91 Å². The van der Waals surface area contributed by atoms with E-state index in [9.17, 15) is 4.79 Å². The second-order valence-corrected chi connectivity index (χ2v) is 7.24. The minimum atomic E-state index is -0.273. The molecule has 0 atom stereocenters. The summed E-state index contributed by atoms with van der Waals surface area (Å²) >= 11 is 0. The van der Waals surface area contributed by atoms with Gasteiger partial charge in [-0.2, -0.15) is 4.98 Å². The van der Waals surface area contributed by atoms with Crippen LogP contribution in [0.2, 0.25) is 0 Å². The van der Waals surface area contributed by atoms with E-state index in [0.29, 0.717) is 34.5 Å². The third-order valence-corrected chi connectivity index (χ3v) is 5.26. The Morgan fingerprint density at radius 1 is 1.30 bits per heavy atom. The van der Waals surface area contributed by atoms with Gasteiger partial charge >= 0.3 is 0 Å². The number of anilines is 1. The summed E-state index contributed by atoms with van der Waals surface area (Å²) in [4.78, 5) is 21.7. The van der Waals surface area contributed by atoms with Crippen LogP contribution in [0.3, 0.4) is 0 Å². The second kappa shape index (κ2) is 7.27. The molecule has 152 valence electrons. The summed E-state index contributed by atoms with van der Waals surface area (Å²) in [6.45, 7) is 3.63. The summed E-state index contributed by atoms with van der Waals surface area (Å²) in [6, 6.07) is 9.29. The average molecular weight is 404 g/mol. The van der Waals surface area contributed by atoms with Gasteiger partial charge in [-0.1, -0.05) is 17.3 Å². The third kappa shape index (κ3) is 3.18. The van der Waals surface area contributed by atoms with E-state index in [4.69, 9.17) is 9.26 Å². The fraction of sp³-hybridized carbons (Fsp3) is 0.238.